The molecule has 1 aromatic rings. The molecule has 1 aliphatic carbocycles. The lowest BCUT2D eigenvalue weighted by Crippen LogP contribution is -2.43. The van der Waals surface area contributed by atoms with E-state index in [1.54, 1.807) is 4.90 Å². The second-order valence-corrected chi connectivity index (χ2v) is 8.89. The summed E-state index contributed by atoms with van der Waals surface area (Å²) in [6.07, 6.45) is 7.07. The van der Waals surface area contributed by atoms with Crippen molar-refractivity contribution in [3.05, 3.63) is 23.4 Å². The van der Waals surface area contributed by atoms with Crippen molar-refractivity contribution in [1.29, 1.82) is 0 Å². The van der Waals surface area contributed by atoms with Crippen molar-refractivity contribution in [2.45, 2.75) is 64.9 Å². The van der Waals surface area contributed by atoms with E-state index >= 15 is 0 Å². The van der Waals surface area contributed by atoms with Crippen LogP contribution in [0.4, 0.5) is 10.6 Å². The zero-order valence-corrected chi connectivity index (χ0v) is 19.4. The van der Waals surface area contributed by atoms with E-state index in [2.05, 4.69) is 22.8 Å². The lowest BCUT2D eigenvalue weighted by Gasteiger charge is -2.35. The Morgan fingerprint density at radius 2 is 2.09 bits per heavy atom. The van der Waals surface area contributed by atoms with Crippen LogP contribution in [-0.4, -0.2) is 65.9 Å². The van der Waals surface area contributed by atoms with Crippen LogP contribution in [0.15, 0.2) is 12.1 Å². The summed E-state index contributed by atoms with van der Waals surface area (Å²) in [6.45, 7) is 6.56. The maximum absolute atomic E-state index is 12.0. The molecule has 1 aliphatic heterocycles. The van der Waals surface area contributed by atoms with Crippen molar-refractivity contribution in [3.63, 3.8) is 0 Å². The number of pyridine rings is 1. The minimum Gasteiger partial charge on any atom is -0.481 e. The summed E-state index contributed by atoms with van der Waals surface area (Å²) >= 11 is 0. The van der Waals surface area contributed by atoms with Gasteiger partial charge < -0.3 is 25.4 Å². The van der Waals surface area contributed by atoms with Gasteiger partial charge in [-0.25, -0.2) is 9.78 Å². The number of aryl methyl sites for hydroxylation is 2. The highest BCUT2D eigenvalue weighted by Crippen LogP contribution is 2.34. The zero-order valence-electron chi connectivity index (χ0n) is 19.4. The molecule has 2 heterocycles. The minimum absolute atomic E-state index is 0.129. The largest absolute Gasteiger partial charge is 0.481 e. The van der Waals surface area contributed by atoms with Crippen LogP contribution in [-0.2, 0) is 22.4 Å². The maximum Gasteiger partial charge on any atom is 0.317 e. The Morgan fingerprint density at radius 3 is 2.81 bits per heavy atom. The summed E-state index contributed by atoms with van der Waals surface area (Å²) in [5.41, 5.74) is 2.47. The van der Waals surface area contributed by atoms with Gasteiger partial charge in [0.25, 0.3) is 0 Å². The third kappa shape index (κ3) is 6.82. The lowest BCUT2D eigenvalue weighted by molar-refractivity contribution is -0.142. The Kier molecular flexibility index (Phi) is 9.14. The summed E-state index contributed by atoms with van der Waals surface area (Å²) in [5, 5.41) is 15.6. The number of carbonyl (C=O) groups is 2. The first kappa shape index (κ1) is 24.3. The normalized spacial score (nSPS) is 20.4. The van der Waals surface area contributed by atoms with E-state index in [1.165, 1.54) is 12.0 Å². The van der Waals surface area contributed by atoms with Gasteiger partial charge in [0.1, 0.15) is 5.82 Å². The quantitative estimate of drug-likeness (QED) is 0.455. The molecule has 0 aromatic carbocycles. The number of rotatable bonds is 12. The van der Waals surface area contributed by atoms with E-state index in [-0.39, 0.29) is 18.7 Å². The molecule has 1 fully saturated rings. The number of aromatic nitrogens is 1. The summed E-state index contributed by atoms with van der Waals surface area (Å²) < 4.78 is 5.90. The molecule has 178 valence electrons. The topological polar surface area (TPSA) is 104 Å². The molecule has 3 N–H and O–H groups in total. The van der Waals surface area contributed by atoms with Crippen molar-refractivity contribution in [1.82, 2.24) is 15.2 Å². The summed E-state index contributed by atoms with van der Waals surface area (Å²) in [5.74, 6) is 0.181. The van der Waals surface area contributed by atoms with Crippen LogP contribution in [0.1, 0.15) is 57.2 Å². The van der Waals surface area contributed by atoms with Gasteiger partial charge in [0.05, 0.1) is 12.0 Å². The molecule has 1 aromatic heterocycles. The highest BCUT2D eigenvalue weighted by molar-refractivity contribution is 5.76. The highest BCUT2D eigenvalue weighted by atomic mass is 16.5. The number of hydrogen-bond acceptors (Lipinski definition) is 5. The molecule has 2 amide bonds. The van der Waals surface area contributed by atoms with Gasteiger partial charge in [-0.15, -0.1) is 0 Å². The third-order valence-electron chi connectivity index (χ3n) is 6.67. The Bertz CT molecular complexity index is 762. The molecular formula is C24H38N4O4. The van der Waals surface area contributed by atoms with Gasteiger partial charge in [0.15, 0.2) is 0 Å². The number of anilines is 1. The molecule has 1 atom stereocenters. The average molecular weight is 447 g/mol. The van der Waals surface area contributed by atoms with E-state index in [4.69, 9.17) is 9.72 Å². The van der Waals surface area contributed by atoms with E-state index in [0.717, 1.165) is 50.2 Å². The fraction of sp³-hybridized carbons (Fsp3) is 0.708. The molecule has 2 aliphatic rings. The molecule has 1 unspecified atom stereocenters. The van der Waals surface area contributed by atoms with Gasteiger partial charge in [-0.05, 0) is 76.3 Å². The van der Waals surface area contributed by atoms with E-state index in [1.807, 2.05) is 13.8 Å². The van der Waals surface area contributed by atoms with Gasteiger partial charge >= 0.3 is 12.0 Å². The minimum atomic E-state index is -0.896. The third-order valence-corrected chi connectivity index (χ3v) is 6.67. The molecule has 0 radical (unpaired) electrons. The van der Waals surface area contributed by atoms with Crippen LogP contribution < -0.4 is 10.6 Å². The van der Waals surface area contributed by atoms with Gasteiger partial charge in [0, 0.05) is 38.5 Å². The summed E-state index contributed by atoms with van der Waals surface area (Å²) in [6, 6.07) is 4.15. The Hall–Kier alpha value is -2.35. The van der Waals surface area contributed by atoms with Crippen molar-refractivity contribution in [3.8, 4) is 0 Å². The van der Waals surface area contributed by atoms with Crippen LogP contribution in [0.2, 0.25) is 0 Å². The van der Waals surface area contributed by atoms with Crippen LogP contribution in [0.3, 0.4) is 0 Å². The number of fused-ring (bicyclic) bond motifs is 1. The fourth-order valence-corrected chi connectivity index (χ4v) is 4.43. The van der Waals surface area contributed by atoms with E-state index in [0.29, 0.717) is 32.0 Å². The lowest BCUT2D eigenvalue weighted by atomic mass is 9.79. The first-order valence-corrected chi connectivity index (χ1v) is 12.1. The van der Waals surface area contributed by atoms with Crippen LogP contribution in [0, 0.1) is 11.8 Å². The van der Waals surface area contributed by atoms with Gasteiger partial charge in [-0.1, -0.05) is 6.07 Å². The standard InChI is InChI=1S/C24H38N4O4/c1-3-28(4-2)24(31)26-16-19(23(29)30)11-13-32-21-14-17(15-21)7-9-20-10-8-18-6-5-12-25-22(18)27-20/h8,10,17,19,21H,3-7,9,11-16H2,1-2H3,(H,25,27)(H,26,31)(H,29,30). The first-order chi connectivity index (χ1) is 15.5. The van der Waals surface area contributed by atoms with E-state index in [9.17, 15) is 14.7 Å². The first-order valence-electron chi connectivity index (χ1n) is 12.1. The number of carboxylic acid groups (broad SMARTS) is 1. The van der Waals surface area contributed by atoms with Crippen molar-refractivity contribution in [2.24, 2.45) is 11.8 Å². The summed E-state index contributed by atoms with van der Waals surface area (Å²) in [4.78, 5) is 29.9. The Balaban J connectivity index is 1.30. The molecule has 0 spiro atoms. The molecule has 8 heteroatoms. The van der Waals surface area contributed by atoms with Gasteiger partial charge in [0.2, 0.25) is 0 Å². The number of ether oxygens (including phenoxy) is 1. The predicted molar refractivity (Wildman–Crippen MR) is 124 cm³/mol. The SMILES string of the molecule is CCN(CC)C(=O)NCC(CCOC1CC(CCc2ccc3c(n2)NCCC3)C1)C(=O)O. The van der Waals surface area contributed by atoms with Crippen LogP contribution >= 0.6 is 0 Å². The van der Waals surface area contributed by atoms with Crippen LogP contribution in [0.5, 0.6) is 0 Å². The van der Waals surface area contributed by atoms with Gasteiger partial charge in [-0.3, -0.25) is 4.79 Å². The number of nitrogens with zero attached hydrogens (tertiary/aromatic N) is 2. The predicted octanol–water partition coefficient (Wildman–Crippen LogP) is 3.31. The Labute approximate surface area is 191 Å². The molecule has 32 heavy (non-hydrogen) atoms. The number of amides is 2. The fourth-order valence-electron chi connectivity index (χ4n) is 4.43. The zero-order chi connectivity index (χ0) is 22.9. The molecule has 1 saturated carbocycles. The number of aliphatic carboxylic acids is 1. The Morgan fingerprint density at radius 1 is 1.31 bits per heavy atom. The smallest absolute Gasteiger partial charge is 0.317 e. The number of urea groups is 1. The number of carboxylic acids is 1. The monoisotopic (exact) mass is 446 g/mol. The molecule has 8 nitrogen and oxygen atoms in total. The summed E-state index contributed by atoms with van der Waals surface area (Å²) in [7, 11) is 0. The molecule has 0 bridgehead atoms. The second kappa shape index (κ2) is 12.0. The van der Waals surface area contributed by atoms with Crippen molar-refractivity contribution in [2.75, 3.05) is 38.1 Å². The average Bonchev–Trinajstić information content (AvgIpc) is 2.77. The second-order valence-electron chi connectivity index (χ2n) is 8.89. The molecule has 3 rings (SSSR count). The number of nitrogens with one attached hydrogen (secondary N) is 2. The van der Waals surface area contributed by atoms with Crippen LogP contribution in [0.25, 0.3) is 0 Å². The van der Waals surface area contributed by atoms with Crippen molar-refractivity contribution < 1.29 is 19.4 Å². The molecular weight excluding hydrogens is 408 g/mol. The van der Waals surface area contributed by atoms with Crippen molar-refractivity contribution >= 4 is 17.8 Å². The highest BCUT2D eigenvalue weighted by Gasteiger charge is 2.30. The number of carbonyl (C=O) groups excluding carboxylic acids is 1. The van der Waals surface area contributed by atoms with E-state index < -0.39 is 11.9 Å². The van der Waals surface area contributed by atoms with Gasteiger partial charge in [-0.2, -0.15) is 0 Å². The number of hydrogen-bond donors (Lipinski definition) is 3. The molecule has 0 saturated heterocycles. The maximum atomic E-state index is 12.0.